The van der Waals surface area contributed by atoms with Crippen molar-refractivity contribution < 1.29 is 4.74 Å². The van der Waals surface area contributed by atoms with E-state index in [4.69, 9.17) is 10.5 Å². The summed E-state index contributed by atoms with van der Waals surface area (Å²) >= 11 is 0. The van der Waals surface area contributed by atoms with Gasteiger partial charge in [-0.2, -0.15) is 0 Å². The average molecular weight is 139 g/mol. The zero-order chi connectivity index (χ0) is 7.72. The van der Waals surface area contributed by atoms with Crippen molar-refractivity contribution in [1.29, 1.82) is 0 Å². The van der Waals surface area contributed by atoms with Gasteiger partial charge < -0.3 is 10.5 Å². The van der Waals surface area contributed by atoms with Crippen molar-refractivity contribution in [3.05, 3.63) is 24.1 Å². The van der Waals surface area contributed by atoms with Gasteiger partial charge in [0.2, 0.25) is 0 Å². The summed E-state index contributed by atoms with van der Waals surface area (Å²) in [5.74, 6) is 1.20. The Morgan fingerprint density at radius 3 is 2.50 bits per heavy atom. The Balaban J connectivity index is 2.67. The quantitative estimate of drug-likeness (QED) is 0.596. The Labute approximate surface area is 61.4 Å². The lowest BCUT2D eigenvalue weighted by atomic mass is 10.1. The van der Waals surface area contributed by atoms with Gasteiger partial charge in [0, 0.05) is 5.92 Å². The van der Waals surface area contributed by atoms with Gasteiger partial charge in [-0.15, -0.1) is 0 Å². The minimum Gasteiger partial charge on any atom is -0.488 e. The molecular formula is C8H13NO. The molecule has 2 unspecified atom stereocenters. The molecule has 0 bridgehead atoms. The first-order valence-corrected chi connectivity index (χ1v) is 3.44. The normalized spacial score (nSPS) is 31.2. The molecule has 2 nitrogen and oxygen atoms in total. The summed E-state index contributed by atoms with van der Waals surface area (Å²) in [5.41, 5.74) is 5.96. The fraction of sp³-hybridized carbons (Fsp3) is 0.500. The van der Waals surface area contributed by atoms with Crippen LogP contribution in [-0.4, -0.2) is 6.10 Å². The number of hydrogen-bond acceptors (Lipinski definition) is 2. The second kappa shape index (κ2) is 2.37. The SMILES string of the molecule is C=C(N)C1=CC(C)C(C)O1. The van der Waals surface area contributed by atoms with Crippen LogP contribution in [0.5, 0.6) is 0 Å². The Kier molecular flexibility index (Phi) is 1.70. The van der Waals surface area contributed by atoms with E-state index in [-0.39, 0.29) is 6.10 Å². The molecule has 10 heavy (non-hydrogen) atoms. The molecule has 0 amide bonds. The first kappa shape index (κ1) is 7.19. The predicted molar refractivity (Wildman–Crippen MR) is 41.1 cm³/mol. The monoisotopic (exact) mass is 139 g/mol. The number of nitrogens with two attached hydrogens (primary N) is 1. The van der Waals surface area contributed by atoms with Crippen LogP contribution in [0.15, 0.2) is 24.1 Å². The predicted octanol–water partition coefficient (Wildman–Crippen LogP) is 1.40. The molecule has 1 rings (SSSR count). The Morgan fingerprint density at radius 2 is 2.30 bits per heavy atom. The number of rotatable bonds is 1. The van der Waals surface area contributed by atoms with E-state index in [1.54, 1.807) is 0 Å². The van der Waals surface area contributed by atoms with E-state index in [1.807, 2.05) is 13.0 Å². The fourth-order valence-electron chi connectivity index (χ4n) is 0.904. The topological polar surface area (TPSA) is 35.2 Å². The third-order valence-electron chi connectivity index (χ3n) is 1.78. The van der Waals surface area contributed by atoms with Crippen LogP contribution in [0.2, 0.25) is 0 Å². The highest BCUT2D eigenvalue weighted by molar-refractivity contribution is 5.23. The van der Waals surface area contributed by atoms with E-state index >= 15 is 0 Å². The molecule has 1 aliphatic rings. The number of ether oxygens (including phenoxy) is 1. The maximum Gasteiger partial charge on any atom is 0.138 e. The third kappa shape index (κ3) is 1.15. The molecule has 0 saturated carbocycles. The van der Waals surface area contributed by atoms with Crippen molar-refractivity contribution in [1.82, 2.24) is 0 Å². The van der Waals surface area contributed by atoms with Crippen LogP contribution < -0.4 is 5.73 Å². The van der Waals surface area contributed by atoms with Crippen LogP contribution in [0.4, 0.5) is 0 Å². The maximum atomic E-state index is 5.43. The highest BCUT2D eigenvalue weighted by atomic mass is 16.5. The van der Waals surface area contributed by atoms with Crippen molar-refractivity contribution in [2.24, 2.45) is 11.7 Å². The third-order valence-corrected chi connectivity index (χ3v) is 1.78. The molecule has 0 aromatic carbocycles. The van der Waals surface area contributed by atoms with E-state index < -0.39 is 0 Å². The summed E-state index contributed by atoms with van der Waals surface area (Å²) in [7, 11) is 0. The van der Waals surface area contributed by atoms with Gasteiger partial charge in [0.15, 0.2) is 0 Å². The lowest BCUT2D eigenvalue weighted by Gasteiger charge is -2.09. The molecule has 0 aromatic rings. The summed E-state index contributed by atoms with van der Waals surface area (Å²) in [6, 6.07) is 0. The van der Waals surface area contributed by atoms with Crippen molar-refractivity contribution in [2.75, 3.05) is 0 Å². The summed E-state index contributed by atoms with van der Waals surface area (Å²) in [6.45, 7) is 7.71. The Hall–Kier alpha value is -0.920. The largest absolute Gasteiger partial charge is 0.488 e. The van der Waals surface area contributed by atoms with E-state index in [0.29, 0.717) is 11.6 Å². The minimum absolute atomic E-state index is 0.246. The van der Waals surface area contributed by atoms with Gasteiger partial charge in [-0.25, -0.2) is 0 Å². The number of hydrogen-bond donors (Lipinski definition) is 1. The zero-order valence-electron chi connectivity index (χ0n) is 6.42. The van der Waals surface area contributed by atoms with E-state index in [0.717, 1.165) is 5.76 Å². The van der Waals surface area contributed by atoms with Crippen molar-refractivity contribution in [2.45, 2.75) is 20.0 Å². The molecular weight excluding hydrogens is 126 g/mol. The molecule has 1 heterocycles. The molecule has 56 valence electrons. The van der Waals surface area contributed by atoms with E-state index in [1.165, 1.54) is 0 Å². The van der Waals surface area contributed by atoms with Gasteiger partial charge in [0.1, 0.15) is 11.9 Å². The molecule has 2 atom stereocenters. The smallest absolute Gasteiger partial charge is 0.138 e. The summed E-state index contributed by atoms with van der Waals surface area (Å²) in [6.07, 6.45) is 2.25. The maximum absolute atomic E-state index is 5.43. The van der Waals surface area contributed by atoms with Gasteiger partial charge in [-0.1, -0.05) is 13.5 Å². The van der Waals surface area contributed by atoms with Gasteiger partial charge in [0.25, 0.3) is 0 Å². The lowest BCUT2D eigenvalue weighted by Crippen LogP contribution is -2.09. The van der Waals surface area contributed by atoms with Gasteiger partial charge in [-0.05, 0) is 13.0 Å². The molecule has 0 saturated heterocycles. The zero-order valence-corrected chi connectivity index (χ0v) is 6.42. The Morgan fingerprint density at radius 1 is 1.70 bits per heavy atom. The molecule has 1 aliphatic heterocycles. The summed E-state index contributed by atoms with van der Waals surface area (Å²) in [4.78, 5) is 0. The first-order chi connectivity index (χ1) is 4.61. The van der Waals surface area contributed by atoms with Crippen molar-refractivity contribution in [3.8, 4) is 0 Å². The van der Waals surface area contributed by atoms with Crippen LogP contribution in [-0.2, 0) is 4.74 Å². The van der Waals surface area contributed by atoms with Crippen LogP contribution >= 0.6 is 0 Å². The second-order valence-corrected chi connectivity index (χ2v) is 2.74. The summed E-state index contributed by atoms with van der Waals surface area (Å²) < 4.78 is 5.37. The van der Waals surface area contributed by atoms with Gasteiger partial charge >= 0.3 is 0 Å². The fourth-order valence-corrected chi connectivity index (χ4v) is 0.904. The van der Waals surface area contributed by atoms with Crippen molar-refractivity contribution >= 4 is 0 Å². The van der Waals surface area contributed by atoms with E-state index in [2.05, 4.69) is 13.5 Å². The lowest BCUT2D eigenvalue weighted by molar-refractivity contribution is 0.139. The molecule has 0 fully saturated rings. The molecule has 2 heteroatoms. The van der Waals surface area contributed by atoms with Crippen LogP contribution in [0.3, 0.4) is 0 Å². The van der Waals surface area contributed by atoms with Crippen LogP contribution in [0.1, 0.15) is 13.8 Å². The van der Waals surface area contributed by atoms with Crippen molar-refractivity contribution in [3.63, 3.8) is 0 Å². The Bertz CT molecular complexity index is 184. The van der Waals surface area contributed by atoms with Gasteiger partial charge in [-0.3, -0.25) is 0 Å². The van der Waals surface area contributed by atoms with E-state index in [9.17, 15) is 0 Å². The second-order valence-electron chi connectivity index (χ2n) is 2.74. The van der Waals surface area contributed by atoms with Crippen LogP contribution in [0, 0.1) is 5.92 Å². The molecule has 0 aromatic heterocycles. The molecule has 0 spiro atoms. The van der Waals surface area contributed by atoms with Gasteiger partial charge in [0.05, 0.1) is 5.70 Å². The highest BCUT2D eigenvalue weighted by Crippen LogP contribution is 2.24. The minimum atomic E-state index is 0.246. The highest BCUT2D eigenvalue weighted by Gasteiger charge is 2.21. The molecule has 2 N–H and O–H groups in total. The standard InChI is InChI=1S/C8H13NO/c1-5-4-8(6(2)9)10-7(5)3/h4-5,7H,2,9H2,1,3H3. The first-order valence-electron chi connectivity index (χ1n) is 3.44. The van der Waals surface area contributed by atoms with Crippen LogP contribution in [0.25, 0.3) is 0 Å². The average Bonchev–Trinajstić information content (AvgIpc) is 2.13. The molecule has 0 radical (unpaired) electrons. The molecule has 0 aliphatic carbocycles. The summed E-state index contributed by atoms with van der Waals surface area (Å²) in [5, 5.41) is 0.